The summed E-state index contributed by atoms with van der Waals surface area (Å²) < 4.78 is 0. The van der Waals surface area contributed by atoms with Gasteiger partial charge in [0.1, 0.15) is 0 Å². The molecule has 1 aliphatic rings. The number of rotatable bonds is 2. The number of aryl methyl sites for hydroxylation is 1. The van der Waals surface area contributed by atoms with Crippen molar-refractivity contribution in [3.05, 3.63) is 21.9 Å². The van der Waals surface area contributed by atoms with Gasteiger partial charge in [-0.05, 0) is 36.8 Å². The first-order chi connectivity index (χ1) is 7.24. The normalized spacial score (nSPS) is 20.9. The molecule has 0 aromatic carbocycles. The molecule has 1 atom stereocenters. The lowest BCUT2D eigenvalue weighted by Gasteiger charge is -2.22. The number of likely N-dealkylation sites (tertiary alicyclic amines) is 1. The van der Waals surface area contributed by atoms with Gasteiger partial charge in [-0.25, -0.2) is 0 Å². The highest BCUT2D eigenvalue weighted by Gasteiger charge is 2.29. The first kappa shape index (κ1) is 10.6. The van der Waals surface area contributed by atoms with Crippen molar-refractivity contribution in [1.82, 2.24) is 4.90 Å². The monoisotopic (exact) mass is 225 g/mol. The van der Waals surface area contributed by atoms with Crippen LogP contribution >= 0.6 is 11.3 Å². The smallest absolute Gasteiger partial charge is 0.264 e. The molecule has 1 aromatic rings. The van der Waals surface area contributed by atoms with Crippen LogP contribution in [0.1, 0.15) is 28.1 Å². The van der Waals surface area contributed by atoms with Crippen LogP contribution in [-0.2, 0) is 0 Å². The number of carbonyl (C=O) groups is 1. The minimum absolute atomic E-state index is 0.0269. The van der Waals surface area contributed by atoms with Crippen molar-refractivity contribution < 1.29 is 9.90 Å². The number of aliphatic hydroxyl groups excluding tert-OH is 1. The Kier molecular flexibility index (Phi) is 3.07. The second kappa shape index (κ2) is 4.33. The van der Waals surface area contributed by atoms with E-state index in [0.717, 1.165) is 29.8 Å². The van der Waals surface area contributed by atoms with Gasteiger partial charge in [0.05, 0.1) is 17.5 Å². The van der Waals surface area contributed by atoms with E-state index in [2.05, 4.69) is 0 Å². The second-order valence-electron chi connectivity index (χ2n) is 3.91. The summed E-state index contributed by atoms with van der Waals surface area (Å²) in [6, 6.07) is 1.99. The molecule has 3 nitrogen and oxygen atoms in total. The van der Waals surface area contributed by atoms with Gasteiger partial charge in [0, 0.05) is 6.54 Å². The third-order valence-corrected chi connectivity index (χ3v) is 3.91. The SMILES string of the molecule is Cc1ccsc1C(=O)N1CCCC1CO. The Morgan fingerprint density at radius 3 is 3.13 bits per heavy atom. The van der Waals surface area contributed by atoms with Gasteiger partial charge in [0.25, 0.3) is 5.91 Å². The predicted octanol–water partition coefficient (Wildman–Crippen LogP) is 1.65. The van der Waals surface area contributed by atoms with Crippen LogP contribution in [0.5, 0.6) is 0 Å². The first-order valence-corrected chi connectivity index (χ1v) is 6.08. The Balaban J connectivity index is 2.18. The molecular formula is C11H15NO2S. The fourth-order valence-electron chi connectivity index (χ4n) is 2.02. The zero-order valence-corrected chi connectivity index (χ0v) is 9.59. The minimum atomic E-state index is 0.0269. The standard InChI is InChI=1S/C11H15NO2S/c1-8-4-6-15-10(8)11(14)12-5-2-3-9(12)7-13/h4,6,9,13H,2-3,5,7H2,1H3. The number of hydrogen-bond donors (Lipinski definition) is 1. The van der Waals surface area contributed by atoms with Crippen molar-refractivity contribution in [2.24, 2.45) is 0 Å². The number of hydrogen-bond acceptors (Lipinski definition) is 3. The van der Waals surface area contributed by atoms with Gasteiger partial charge in [-0.1, -0.05) is 0 Å². The number of thiophene rings is 1. The summed E-state index contributed by atoms with van der Waals surface area (Å²) in [6.07, 6.45) is 1.92. The largest absolute Gasteiger partial charge is 0.394 e. The van der Waals surface area contributed by atoms with E-state index in [9.17, 15) is 4.79 Å². The fraction of sp³-hybridized carbons (Fsp3) is 0.545. The molecule has 1 aromatic heterocycles. The van der Waals surface area contributed by atoms with Crippen molar-refractivity contribution >= 4 is 17.2 Å². The number of amides is 1. The number of nitrogens with zero attached hydrogens (tertiary/aromatic N) is 1. The maximum atomic E-state index is 12.1. The van der Waals surface area contributed by atoms with Crippen LogP contribution in [0.2, 0.25) is 0 Å². The molecule has 0 saturated carbocycles. The first-order valence-electron chi connectivity index (χ1n) is 5.20. The molecule has 82 valence electrons. The zero-order valence-electron chi connectivity index (χ0n) is 8.77. The van der Waals surface area contributed by atoms with Gasteiger partial charge in [-0.3, -0.25) is 4.79 Å². The van der Waals surface area contributed by atoms with Gasteiger partial charge < -0.3 is 10.0 Å². The van der Waals surface area contributed by atoms with Gasteiger partial charge in [-0.15, -0.1) is 11.3 Å². The lowest BCUT2D eigenvalue weighted by molar-refractivity contribution is 0.0682. The summed E-state index contributed by atoms with van der Waals surface area (Å²) in [7, 11) is 0. The average molecular weight is 225 g/mol. The number of aliphatic hydroxyl groups is 1. The Hall–Kier alpha value is -0.870. The lowest BCUT2D eigenvalue weighted by atomic mass is 10.2. The van der Waals surface area contributed by atoms with E-state index in [0.29, 0.717) is 0 Å². The van der Waals surface area contributed by atoms with E-state index in [-0.39, 0.29) is 18.6 Å². The molecule has 1 saturated heterocycles. The summed E-state index contributed by atoms with van der Waals surface area (Å²) in [5.41, 5.74) is 1.04. The van der Waals surface area contributed by atoms with E-state index < -0.39 is 0 Å². The molecule has 0 spiro atoms. The summed E-state index contributed by atoms with van der Waals surface area (Å²) in [4.78, 5) is 14.7. The highest BCUT2D eigenvalue weighted by molar-refractivity contribution is 7.12. The molecule has 1 unspecified atom stereocenters. The maximum Gasteiger partial charge on any atom is 0.264 e. The van der Waals surface area contributed by atoms with E-state index in [1.165, 1.54) is 11.3 Å². The molecule has 1 aliphatic heterocycles. The molecule has 2 heterocycles. The van der Waals surface area contributed by atoms with Crippen LogP contribution in [0.4, 0.5) is 0 Å². The van der Waals surface area contributed by atoms with Crippen molar-refractivity contribution in [2.45, 2.75) is 25.8 Å². The van der Waals surface area contributed by atoms with E-state index >= 15 is 0 Å². The van der Waals surface area contributed by atoms with Crippen LogP contribution < -0.4 is 0 Å². The number of carbonyl (C=O) groups excluding carboxylic acids is 1. The van der Waals surface area contributed by atoms with Crippen LogP contribution in [-0.4, -0.2) is 35.1 Å². The molecule has 1 amide bonds. The fourth-order valence-corrected chi connectivity index (χ4v) is 2.90. The maximum absolute atomic E-state index is 12.1. The van der Waals surface area contributed by atoms with Crippen molar-refractivity contribution in [3.8, 4) is 0 Å². The van der Waals surface area contributed by atoms with Gasteiger partial charge in [-0.2, -0.15) is 0 Å². The predicted molar refractivity (Wildman–Crippen MR) is 60.2 cm³/mol. The Morgan fingerprint density at radius 1 is 1.73 bits per heavy atom. The van der Waals surface area contributed by atoms with E-state index in [4.69, 9.17) is 5.11 Å². The summed E-state index contributed by atoms with van der Waals surface area (Å²) in [6.45, 7) is 2.81. The van der Waals surface area contributed by atoms with Gasteiger partial charge in [0.15, 0.2) is 0 Å². The van der Waals surface area contributed by atoms with Gasteiger partial charge >= 0.3 is 0 Å². The van der Waals surface area contributed by atoms with Crippen LogP contribution in [0.25, 0.3) is 0 Å². The van der Waals surface area contributed by atoms with Crippen LogP contribution in [0, 0.1) is 6.92 Å². The molecule has 15 heavy (non-hydrogen) atoms. The molecule has 0 radical (unpaired) electrons. The summed E-state index contributed by atoms with van der Waals surface area (Å²) in [5, 5.41) is 11.1. The zero-order chi connectivity index (χ0) is 10.8. The average Bonchev–Trinajstić information content (AvgIpc) is 2.84. The van der Waals surface area contributed by atoms with Crippen molar-refractivity contribution in [1.29, 1.82) is 0 Å². The molecule has 2 rings (SSSR count). The molecule has 0 aliphatic carbocycles. The molecule has 1 N–H and O–H groups in total. The Labute approximate surface area is 93.3 Å². The van der Waals surface area contributed by atoms with E-state index in [1.54, 1.807) is 4.90 Å². The third kappa shape index (κ3) is 1.92. The van der Waals surface area contributed by atoms with Crippen molar-refractivity contribution in [3.63, 3.8) is 0 Å². The lowest BCUT2D eigenvalue weighted by Crippen LogP contribution is -2.37. The second-order valence-corrected chi connectivity index (χ2v) is 4.83. The Morgan fingerprint density at radius 2 is 2.53 bits per heavy atom. The molecular weight excluding hydrogens is 210 g/mol. The van der Waals surface area contributed by atoms with Crippen molar-refractivity contribution in [2.75, 3.05) is 13.2 Å². The molecule has 1 fully saturated rings. The quantitative estimate of drug-likeness (QED) is 0.831. The highest BCUT2D eigenvalue weighted by atomic mass is 32.1. The molecule has 4 heteroatoms. The summed E-state index contributed by atoms with van der Waals surface area (Å²) >= 11 is 1.48. The summed E-state index contributed by atoms with van der Waals surface area (Å²) in [5.74, 6) is 0.0825. The molecule has 0 bridgehead atoms. The minimum Gasteiger partial charge on any atom is -0.394 e. The highest BCUT2D eigenvalue weighted by Crippen LogP contribution is 2.24. The van der Waals surface area contributed by atoms with Crippen LogP contribution in [0.3, 0.4) is 0 Å². The van der Waals surface area contributed by atoms with Crippen LogP contribution in [0.15, 0.2) is 11.4 Å². The topological polar surface area (TPSA) is 40.5 Å². The third-order valence-electron chi connectivity index (χ3n) is 2.91. The van der Waals surface area contributed by atoms with Gasteiger partial charge in [0.2, 0.25) is 0 Å². The van der Waals surface area contributed by atoms with E-state index in [1.807, 2.05) is 18.4 Å². The Bertz CT molecular complexity index is 361.